The van der Waals surface area contributed by atoms with Gasteiger partial charge in [0, 0.05) is 83.2 Å². The second kappa shape index (κ2) is 29.1. The minimum absolute atomic E-state index is 0.0424. The number of rotatable bonds is 8. The van der Waals surface area contributed by atoms with Crippen LogP contribution in [0.2, 0.25) is 10.0 Å². The van der Waals surface area contributed by atoms with E-state index in [0.29, 0.717) is 112 Å². The average Bonchev–Trinajstić information content (AvgIpc) is 1.54. The zero-order valence-corrected chi connectivity index (χ0v) is 57.7. The summed E-state index contributed by atoms with van der Waals surface area (Å²) in [6.07, 6.45) is 23.8. The van der Waals surface area contributed by atoms with Gasteiger partial charge in [-0.15, -0.1) is 0 Å². The number of anilines is 2. The summed E-state index contributed by atoms with van der Waals surface area (Å²) in [5.41, 5.74) is 6.97. The lowest BCUT2D eigenvalue weighted by atomic mass is 9.68. The number of carbonyl (C=O) groups excluding carboxylic acids is 2. The molecule has 94 heavy (non-hydrogen) atoms. The molecule has 14 rings (SSSR count). The largest absolute Gasteiger partial charge is 0.490 e. The van der Waals surface area contributed by atoms with E-state index in [4.69, 9.17) is 51.6 Å². The quantitative estimate of drug-likeness (QED) is 0.159. The van der Waals surface area contributed by atoms with Crippen LogP contribution in [-0.4, -0.2) is 130 Å². The number of amides is 2. The van der Waals surface area contributed by atoms with Gasteiger partial charge in [-0.2, -0.15) is 0 Å². The summed E-state index contributed by atoms with van der Waals surface area (Å²) in [6.45, 7) is 12.2. The number of carbonyl (C=O) groups is 2. The van der Waals surface area contributed by atoms with Crippen molar-refractivity contribution in [2.45, 2.75) is 163 Å². The van der Waals surface area contributed by atoms with E-state index in [0.717, 1.165) is 163 Å². The molecule has 12 atom stereocenters. The molecule has 4 fully saturated rings. The van der Waals surface area contributed by atoms with Crippen molar-refractivity contribution >= 4 is 66.4 Å². The first kappa shape index (κ1) is 67.4. The van der Waals surface area contributed by atoms with E-state index >= 15 is 0 Å². The van der Waals surface area contributed by atoms with E-state index in [1.165, 1.54) is 22.3 Å². The van der Waals surface area contributed by atoms with Crippen LogP contribution in [-0.2, 0) is 62.7 Å². The SMILES string of the molecule is CC[C@@H]1CC/C=C/[C@H](OCC2CCOC2)[C@@H]2CC[C@H]2CN2C[C@@]3(CCCc4cc(Cl)ccc43)COc3ccc(cc32)C(=O)NS1(=O)=O.CC[C@@H]1CC/C=C/[C@H](OCC2CCOC2)[C@@H]2CC[C@H]2CN2C[C@@]3(CCCc4cc(Cl)ccc43)COc3ccc(cc32)C(=O)NS1(=O)=O. The van der Waals surface area contributed by atoms with Crippen molar-refractivity contribution in [2.75, 3.05) is 88.8 Å². The fraction of sp³-hybridized carbons (Fsp3) is 0.595. The second-order valence-corrected chi connectivity index (χ2v) is 33.5. The number of hydrogen-bond acceptors (Lipinski definition) is 14. The number of aryl methyl sites for hydroxylation is 2. The van der Waals surface area contributed by atoms with Crippen LogP contribution >= 0.6 is 23.2 Å². The number of ether oxygens (including phenoxy) is 6. The van der Waals surface area contributed by atoms with Crippen molar-refractivity contribution in [2.24, 2.45) is 35.5 Å². The van der Waals surface area contributed by atoms with Crippen LogP contribution in [0.25, 0.3) is 0 Å². The highest BCUT2D eigenvalue weighted by Crippen LogP contribution is 2.50. The van der Waals surface area contributed by atoms with Crippen LogP contribution < -0.4 is 28.7 Å². The normalized spacial score (nSPS) is 32.7. The molecule has 4 bridgehead atoms. The van der Waals surface area contributed by atoms with Crippen molar-refractivity contribution < 1.29 is 54.8 Å². The number of allylic oxidation sites excluding steroid dienone is 2. The van der Waals surface area contributed by atoms with Crippen LogP contribution in [0, 0.1) is 35.5 Å². The first-order valence-corrected chi connectivity index (χ1v) is 38.8. The average molecular weight is 1370 g/mol. The molecule has 4 aromatic rings. The molecule has 2 amide bonds. The molecule has 0 radical (unpaired) electrons. The van der Waals surface area contributed by atoms with Crippen LogP contribution in [0.5, 0.6) is 11.5 Å². The Hall–Kier alpha value is -5.18. The van der Waals surface area contributed by atoms with Crippen LogP contribution in [0.3, 0.4) is 0 Å². The van der Waals surface area contributed by atoms with Crippen LogP contribution in [0.1, 0.15) is 160 Å². The highest BCUT2D eigenvalue weighted by atomic mass is 35.5. The van der Waals surface area contributed by atoms with Gasteiger partial charge in [0.2, 0.25) is 20.0 Å². The summed E-state index contributed by atoms with van der Waals surface area (Å²) >= 11 is 12.9. The van der Waals surface area contributed by atoms with E-state index in [9.17, 15) is 26.4 Å². The predicted octanol–water partition coefficient (Wildman–Crippen LogP) is 12.9. The molecule has 508 valence electrons. The number of fused-ring (bicyclic) bond motifs is 8. The highest BCUT2D eigenvalue weighted by molar-refractivity contribution is 7.91. The maximum atomic E-state index is 13.5. The highest BCUT2D eigenvalue weighted by Gasteiger charge is 2.47. The van der Waals surface area contributed by atoms with Crippen molar-refractivity contribution in [1.82, 2.24) is 9.44 Å². The molecular weight excluding hydrogens is 1270 g/mol. The van der Waals surface area contributed by atoms with Gasteiger partial charge in [-0.05, 0) is 222 Å². The lowest BCUT2D eigenvalue weighted by Gasteiger charge is -2.46. The molecule has 0 aromatic heterocycles. The Labute approximate surface area is 566 Å². The molecule has 6 aliphatic heterocycles. The van der Waals surface area contributed by atoms with Crippen molar-refractivity contribution in [3.05, 3.63) is 141 Å². The first-order chi connectivity index (χ1) is 45.5. The molecule has 2 saturated heterocycles. The van der Waals surface area contributed by atoms with Gasteiger partial charge in [0.05, 0.1) is 73.7 Å². The van der Waals surface area contributed by atoms with Gasteiger partial charge in [0.25, 0.3) is 11.8 Å². The monoisotopic (exact) mass is 1360 g/mol. The predicted molar refractivity (Wildman–Crippen MR) is 368 cm³/mol. The van der Waals surface area contributed by atoms with E-state index in [1.54, 1.807) is 12.1 Å². The molecule has 6 heterocycles. The minimum Gasteiger partial charge on any atom is -0.490 e. The van der Waals surface area contributed by atoms with Gasteiger partial charge in [-0.1, -0.05) is 73.5 Å². The second-order valence-electron chi connectivity index (χ2n) is 28.7. The smallest absolute Gasteiger partial charge is 0.264 e. The van der Waals surface area contributed by atoms with Gasteiger partial charge in [-0.25, -0.2) is 26.3 Å². The topological polar surface area (TPSA) is 188 Å². The maximum absolute atomic E-state index is 13.5. The summed E-state index contributed by atoms with van der Waals surface area (Å²) in [6, 6.07) is 23.2. The van der Waals surface area contributed by atoms with E-state index in [1.807, 2.05) is 50.2 Å². The molecule has 10 aliphatic rings. The van der Waals surface area contributed by atoms with Crippen molar-refractivity contribution in [3.8, 4) is 11.5 Å². The molecule has 4 aromatic carbocycles. The van der Waals surface area contributed by atoms with E-state index < -0.39 is 42.4 Å². The lowest BCUT2D eigenvalue weighted by Crippen LogP contribution is -2.49. The fourth-order valence-electron chi connectivity index (χ4n) is 16.9. The Morgan fingerprint density at radius 1 is 0.564 bits per heavy atom. The molecular formula is C74H94Cl2N4O12S2. The maximum Gasteiger partial charge on any atom is 0.264 e. The Morgan fingerprint density at radius 3 is 1.40 bits per heavy atom. The van der Waals surface area contributed by atoms with Gasteiger partial charge in [-0.3, -0.25) is 9.59 Å². The first-order valence-electron chi connectivity index (χ1n) is 34.9. The number of halogens is 2. The third-order valence-corrected chi connectivity index (χ3v) is 26.9. The van der Waals surface area contributed by atoms with Gasteiger partial charge >= 0.3 is 0 Å². The zero-order chi connectivity index (χ0) is 65.2. The standard InChI is InChI=1S/2C37H47ClN2O6S/c2*1-2-30-7-3-4-8-34(45-22-25-15-17-44-21-25)31-12-9-28(31)20-40-23-37(16-5-6-26-18-29(38)11-13-32(26)37)24-46-35-14-10-27(19-33(35)40)36(41)39-47(30,42)43/h2*4,8,10-11,13-14,18-19,25,28,30-31,34H,2-3,5-7,9,12,15-17,20-24H2,1H3,(H,39,41)/b2*8-4+/t2*25?,28-,30+,31+,34-,37-/m00/s1. The molecule has 2 saturated carbocycles. The number of benzene rings is 4. The summed E-state index contributed by atoms with van der Waals surface area (Å²) in [5, 5.41) is 0.159. The molecule has 16 nitrogen and oxygen atoms in total. The van der Waals surface area contributed by atoms with Crippen LogP contribution in [0.15, 0.2) is 97.1 Å². The van der Waals surface area contributed by atoms with E-state index in [2.05, 4.69) is 67.8 Å². The van der Waals surface area contributed by atoms with Gasteiger partial charge in [0.15, 0.2) is 0 Å². The van der Waals surface area contributed by atoms with Gasteiger partial charge in [0.1, 0.15) is 11.5 Å². The summed E-state index contributed by atoms with van der Waals surface area (Å²) < 4.78 is 96.3. The zero-order valence-electron chi connectivity index (χ0n) is 54.6. The minimum atomic E-state index is -3.88. The van der Waals surface area contributed by atoms with Crippen molar-refractivity contribution in [3.63, 3.8) is 0 Å². The number of nitrogens with zero attached hydrogens (tertiary/aromatic N) is 2. The summed E-state index contributed by atoms with van der Waals surface area (Å²) in [5.74, 6) is 2.55. The Balaban J connectivity index is 0.000000171. The van der Waals surface area contributed by atoms with Crippen molar-refractivity contribution in [1.29, 1.82) is 0 Å². The number of nitrogens with one attached hydrogen (secondary N) is 2. The number of sulfonamides is 2. The molecule has 2 unspecified atom stereocenters. The summed E-state index contributed by atoms with van der Waals surface area (Å²) in [4.78, 5) is 31.8. The number of hydrogen-bond donors (Lipinski definition) is 2. The third kappa shape index (κ3) is 14.7. The molecule has 2 N–H and O–H groups in total. The summed E-state index contributed by atoms with van der Waals surface area (Å²) in [7, 11) is -7.75. The molecule has 4 aliphatic carbocycles. The lowest BCUT2D eigenvalue weighted by molar-refractivity contribution is -0.0283. The van der Waals surface area contributed by atoms with E-state index in [-0.39, 0.29) is 23.0 Å². The Bertz CT molecular complexity index is 3450. The fourth-order valence-corrected chi connectivity index (χ4v) is 20.1. The Kier molecular flexibility index (Phi) is 20.9. The Morgan fingerprint density at radius 2 is 1.01 bits per heavy atom. The van der Waals surface area contributed by atoms with Crippen LogP contribution in [0.4, 0.5) is 11.4 Å². The third-order valence-electron chi connectivity index (χ3n) is 22.6. The molecule has 2 spiro atoms. The van der Waals surface area contributed by atoms with Gasteiger partial charge < -0.3 is 38.2 Å². The molecule has 20 heteroatoms.